The second-order valence-electron chi connectivity index (χ2n) is 3.49. The maximum Gasteiger partial charge on any atom is 0.121 e. The topological polar surface area (TPSA) is 52.0 Å². The molecule has 0 aromatic rings. The van der Waals surface area contributed by atoms with Gasteiger partial charge in [-0.15, -0.1) is 0 Å². The zero-order valence-corrected chi connectivity index (χ0v) is 11.2. The van der Waals surface area contributed by atoms with Crippen molar-refractivity contribution in [2.24, 2.45) is 11.5 Å². The van der Waals surface area contributed by atoms with E-state index in [1.54, 1.807) is 0 Å². The highest BCUT2D eigenvalue weighted by Gasteiger charge is 2.11. The van der Waals surface area contributed by atoms with Crippen LogP contribution in [0.1, 0.15) is 44.9 Å². The van der Waals surface area contributed by atoms with Crippen molar-refractivity contribution < 1.29 is 0 Å². The number of alkyl halides is 2. The molecule has 0 saturated heterocycles. The van der Waals surface area contributed by atoms with Gasteiger partial charge in [0.2, 0.25) is 0 Å². The molecule has 0 aliphatic carbocycles. The minimum absolute atomic E-state index is 0.650. The number of hydrogen-bond acceptors (Lipinski definition) is 2. The molecule has 0 atom stereocenters. The molecule has 0 aliphatic rings. The summed E-state index contributed by atoms with van der Waals surface area (Å²) < 4.78 is -0.650. The van der Waals surface area contributed by atoms with E-state index in [4.69, 9.17) is 11.5 Å². The lowest BCUT2D eigenvalue weighted by molar-refractivity contribution is 0.523. The van der Waals surface area contributed by atoms with E-state index in [9.17, 15) is 0 Å². The van der Waals surface area contributed by atoms with E-state index in [1.165, 1.54) is 32.1 Å². The second kappa shape index (κ2) is 8.21. The number of nitrogens with two attached hydrogens (primary N) is 2. The molecule has 80 valence electrons. The van der Waals surface area contributed by atoms with Crippen molar-refractivity contribution in [2.75, 3.05) is 5.33 Å². The second-order valence-corrected chi connectivity index (χ2v) is 5.76. The van der Waals surface area contributed by atoms with Gasteiger partial charge in [-0.3, -0.25) is 0 Å². The van der Waals surface area contributed by atoms with Crippen LogP contribution >= 0.6 is 31.9 Å². The van der Waals surface area contributed by atoms with Gasteiger partial charge in [0.05, 0.1) is 0 Å². The first-order valence-corrected chi connectivity index (χ1v) is 6.80. The maximum absolute atomic E-state index is 5.59. The van der Waals surface area contributed by atoms with E-state index < -0.39 is 4.57 Å². The van der Waals surface area contributed by atoms with E-state index in [2.05, 4.69) is 31.9 Å². The van der Waals surface area contributed by atoms with Gasteiger partial charge in [-0.1, -0.05) is 57.5 Å². The lowest BCUT2D eigenvalue weighted by Crippen LogP contribution is -2.42. The molecule has 0 radical (unpaired) electrons. The van der Waals surface area contributed by atoms with Gasteiger partial charge in [-0.25, -0.2) is 0 Å². The van der Waals surface area contributed by atoms with Gasteiger partial charge in [-0.2, -0.15) is 0 Å². The van der Waals surface area contributed by atoms with Gasteiger partial charge in [0.25, 0.3) is 0 Å². The molecular formula is C9H20Br2N2. The first-order chi connectivity index (χ1) is 6.06. The SMILES string of the molecule is NC(N)(Br)CCCCCCCCBr. The molecule has 0 aliphatic heterocycles. The van der Waals surface area contributed by atoms with Gasteiger partial charge in [0, 0.05) is 5.33 Å². The Kier molecular flexibility index (Phi) is 8.77. The Balaban J connectivity index is 3.00. The molecule has 0 spiro atoms. The van der Waals surface area contributed by atoms with Crippen LogP contribution in [0.4, 0.5) is 0 Å². The first kappa shape index (κ1) is 13.9. The summed E-state index contributed by atoms with van der Waals surface area (Å²) in [4.78, 5) is 0. The molecule has 0 amide bonds. The number of unbranched alkanes of at least 4 members (excludes halogenated alkanes) is 5. The summed E-state index contributed by atoms with van der Waals surface area (Å²) >= 11 is 6.64. The molecule has 4 N–H and O–H groups in total. The van der Waals surface area contributed by atoms with Crippen LogP contribution in [0, 0.1) is 0 Å². The van der Waals surface area contributed by atoms with Gasteiger partial charge in [-0.05, 0) is 19.3 Å². The Morgan fingerprint density at radius 3 is 1.77 bits per heavy atom. The largest absolute Gasteiger partial charge is 0.304 e. The molecule has 13 heavy (non-hydrogen) atoms. The molecule has 4 heteroatoms. The van der Waals surface area contributed by atoms with Crippen LogP contribution in [0.25, 0.3) is 0 Å². The van der Waals surface area contributed by atoms with Gasteiger partial charge in [0.1, 0.15) is 4.57 Å². The summed E-state index contributed by atoms with van der Waals surface area (Å²) in [5.41, 5.74) is 11.2. The summed E-state index contributed by atoms with van der Waals surface area (Å²) in [7, 11) is 0. The number of hydrogen-bond donors (Lipinski definition) is 2. The van der Waals surface area contributed by atoms with Crippen molar-refractivity contribution in [3.63, 3.8) is 0 Å². The molecule has 0 heterocycles. The molecular weight excluding hydrogens is 296 g/mol. The minimum Gasteiger partial charge on any atom is -0.304 e. The molecule has 0 saturated carbocycles. The Labute approximate surface area is 98.1 Å². The van der Waals surface area contributed by atoms with Crippen LogP contribution in [-0.2, 0) is 0 Å². The van der Waals surface area contributed by atoms with Gasteiger partial charge < -0.3 is 11.5 Å². The van der Waals surface area contributed by atoms with Crippen molar-refractivity contribution in [3.05, 3.63) is 0 Å². The van der Waals surface area contributed by atoms with Crippen LogP contribution < -0.4 is 11.5 Å². The predicted octanol–water partition coefficient (Wildman–Crippen LogP) is 3.08. The summed E-state index contributed by atoms with van der Waals surface area (Å²) in [5, 5.41) is 1.13. The molecule has 0 bridgehead atoms. The fourth-order valence-electron chi connectivity index (χ4n) is 1.20. The fourth-order valence-corrected chi connectivity index (χ4v) is 1.87. The highest BCUT2D eigenvalue weighted by Crippen LogP contribution is 2.14. The van der Waals surface area contributed by atoms with Crippen molar-refractivity contribution >= 4 is 31.9 Å². The van der Waals surface area contributed by atoms with Crippen molar-refractivity contribution in [1.82, 2.24) is 0 Å². The molecule has 2 nitrogen and oxygen atoms in total. The summed E-state index contributed by atoms with van der Waals surface area (Å²) in [6.07, 6.45) is 8.46. The maximum atomic E-state index is 5.59. The zero-order valence-electron chi connectivity index (χ0n) is 8.07. The first-order valence-electron chi connectivity index (χ1n) is 4.89. The van der Waals surface area contributed by atoms with Gasteiger partial charge >= 0.3 is 0 Å². The molecule has 0 rings (SSSR count). The summed E-state index contributed by atoms with van der Waals surface area (Å²) in [6.45, 7) is 0. The monoisotopic (exact) mass is 314 g/mol. The third-order valence-corrected chi connectivity index (χ3v) is 2.90. The predicted molar refractivity (Wildman–Crippen MR) is 66.1 cm³/mol. The van der Waals surface area contributed by atoms with E-state index in [1.807, 2.05) is 0 Å². The molecule has 0 fully saturated rings. The van der Waals surface area contributed by atoms with Crippen LogP contribution in [-0.4, -0.2) is 9.90 Å². The average Bonchev–Trinajstić information content (AvgIpc) is 2.01. The Hall–Kier alpha value is 0.880. The molecule has 0 aromatic heterocycles. The lowest BCUT2D eigenvalue weighted by Gasteiger charge is -2.15. The minimum atomic E-state index is -0.650. The zero-order chi connectivity index (χ0) is 10.2. The van der Waals surface area contributed by atoms with E-state index in [-0.39, 0.29) is 0 Å². The van der Waals surface area contributed by atoms with E-state index >= 15 is 0 Å². The Bertz CT molecular complexity index is 113. The van der Waals surface area contributed by atoms with Crippen molar-refractivity contribution in [2.45, 2.75) is 49.5 Å². The van der Waals surface area contributed by atoms with Crippen LogP contribution in [0.15, 0.2) is 0 Å². The van der Waals surface area contributed by atoms with E-state index in [0.717, 1.165) is 18.2 Å². The normalized spacial score (nSPS) is 12.0. The Morgan fingerprint density at radius 1 is 0.846 bits per heavy atom. The number of halogens is 2. The van der Waals surface area contributed by atoms with Crippen molar-refractivity contribution in [3.8, 4) is 0 Å². The number of rotatable bonds is 8. The third kappa shape index (κ3) is 12.9. The van der Waals surface area contributed by atoms with Crippen LogP contribution in [0.3, 0.4) is 0 Å². The fraction of sp³-hybridized carbons (Fsp3) is 1.00. The smallest absolute Gasteiger partial charge is 0.121 e. The third-order valence-electron chi connectivity index (χ3n) is 1.94. The highest BCUT2D eigenvalue weighted by molar-refractivity contribution is 9.10. The van der Waals surface area contributed by atoms with Crippen LogP contribution in [0.5, 0.6) is 0 Å². The summed E-state index contributed by atoms with van der Waals surface area (Å²) in [5.74, 6) is 0. The Morgan fingerprint density at radius 2 is 1.31 bits per heavy atom. The average molecular weight is 316 g/mol. The van der Waals surface area contributed by atoms with E-state index in [0.29, 0.717) is 0 Å². The molecule has 0 aromatic carbocycles. The standard InChI is InChI=1S/C9H20Br2N2/c10-8-6-4-2-1-3-5-7-9(11,12)13/h1-8,12-13H2. The van der Waals surface area contributed by atoms with Crippen LogP contribution in [0.2, 0.25) is 0 Å². The van der Waals surface area contributed by atoms with Crippen molar-refractivity contribution in [1.29, 1.82) is 0 Å². The van der Waals surface area contributed by atoms with Gasteiger partial charge in [0.15, 0.2) is 0 Å². The summed E-state index contributed by atoms with van der Waals surface area (Å²) in [6, 6.07) is 0. The molecule has 0 unspecified atom stereocenters. The highest BCUT2D eigenvalue weighted by atomic mass is 79.9. The lowest BCUT2D eigenvalue weighted by atomic mass is 10.1. The quantitative estimate of drug-likeness (QED) is 0.313.